The predicted octanol–water partition coefficient (Wildman–Crippen LogP) is 18.0. The molecule has 9 aliphatic rings. The van der Waals surface area contributed by atoms with Crippen molar-refractivity contribution in [2.45, 2.75) is 287 Å². The van der Waals surface area contributed by atoms with Crippen molar-refractivity contribution >= 4 is 33.1 Å². The highest BCUT2D eigenvalue weighted by molar-refractivity contribution is 5.78. The van der Waals surface area contributed by atoms with Crippen LogP contribution in [0.25, 0.3) is 33.1 Å². The third-order valence-electron chi connectivity index (χ3n) is 24.4. The lowest BCUT2D eigenvalue weighted by atomic mass is 9.81. The number of fused-ring (bicyclic) bond motifs is 3. The Balaban J connectivity index is 0.000000131. The van der Waals surface area contributed by atoms with Crippen LogP contribution in [0.1, 0.15) is 292 Å². The summed E-state index contributed by atoms with van der Waals surface area (Å²) in [6.45, 7) is 19.9. The van der Waals surface area contributed by atoms with E-state index in [0.29, 0.717) is 24.0 Å². The lowest BCUT2D eigenvalue weighted by molar-refractivity contribution is 0.151. The zero-order valence-electron chi connectivity index (χ0n) is 58.3. The molecule has 15 rings (SSSR count). The fraction of sp³-hybridized carbons (Fsp3) is 0.738. The van der Waals surface area contributed by atoms with Gasteiger partial charge in [0.05, 0.1) is 44.2 Å². The van der Waals surface area contributed by atoms with Crippen molar-refractivity contribution in [2.75, 3.05) is 72.0 Å². The fourth-order valence-corrected chi connectivity index (χ4v) is 19.1. The summed E-state index contributed by atoms with van der Waals surface area (Å²) in [7, 11) is 0. The number of imidazole rings is 3. The van der Waals surface area contributed by atoms with Gasteiger partial charge in [-0.2, -0.15) is 0 Å². The molecule has 6 aromatic rings. The number of nitrogens with zero attached hydrogens (tertiary/aromatic N) is 9. The Kier molecular flexibility index (Phi) is 24.5. The molecule has 4 aliphatic heterocycles. The average Bonchev–Trinajstić information content (AvgIpc) is 1.62. The number of para-hydroxylation sites is 4. The first-order valence-electron chi connectivity index (χ1n) is 39.1. The number of hydrogen-bond acceptors (Lipinski definition) is 9. The van der Waals surface area contributed by atoms with E-state index in [1.807, 2.05) is 13.8 Å². The molecule has 506 valence electrons. The van der Waals surface area contributed by atoms with Gasteiger partial charge in [-0.1, -0.05) is 160 Å². The monoisotopic (exact) mass is 1260 g/mol. The smallest absolute Gasteiger partial charge is 0.130 e. The van der Waals surface area contributed by atoms with Crippen LogP contribution in [-0.4, -0.2) is 115 Å². The first-order valence-corrected chi connectivity index (χ1v) is 39.1. The van der Waals surface area contributed by atoms with Gasteiger partial charge in [0.25, 0.3) is 0 Å². The Morgan fingerprint density at radius 1 is 0.391 bits per heavy atom. The SMILES string of the molecule is CC.Cc1ccc2c(c1)nc(C1CCNCC1)n2C1CCN(CC2CCCCCCC2)CC1.NC1(c2nc3ccccc3n2C2CCN(CC3CCCCCC3)CC2)CCCC1.NC1(c2nc3ccccc3n2C2CCN(CC3CCCCCC3)CC2)CCCCC1. The summed E-state index contributed by atoms with van der Waals surface area (Å²) in [5.74, 6) is 7.14. The third kappa shape index (κ3) is 16.8. The molecule has 0 unspecified atom stereocenters. The molecule has 12 nitrogen and oxygen atoms in total. The topological polar surface area (TPSA) is 127 Å². The van der Waals surface area contributed by atoms with E-state index in [0.717, 1.165) is 67.6 Å². The van der Waals surface area contributed by atoms with Crippen LogP contribution >= 0.6 is 0 Å². The van der Waals surface area contributed by atoms with Gasteiger partial charge in [0.2, 0.25) is 0 Å². The summed E-state index contributed by atoms with van der Waals surface area (Å²) >= 11 is 0. The molecule has 9 fully saturated rings. The van der Waals surface area contributed by atoms with Gasteiger partial charge < -0.3 is 45.2 Å². The summed E-state index contributed by atoms with van der Waals surface area (Å²) < 4.78 is 7.81. The lowest BCUT2D eigenvalue weighted by Gasteiger charge is -2.38. The number of piperidine rings is 4. The molecule has 5 aliphatic carbocycles. The van der Waals surface area contributed by atoms with Gasteiger partial charge >= 0.3 is 0 Å². The predicted molar refractivity (Wildman–Crippen MR) is 386 cm³/mol. The number of hydrogen-bond donors (Lipinski definition) is 3. The van der Waals surface area contributed by atoms with E-state index < -0.39 is 0 Å². The number of aromatic nitrogens is 6. The van der Waals surface area contributed by atoms with Crippen molar-refractivity contribution in [1.82, 2.24) is 48.7 Å². The summed E-state index contributed by atoms with van der Waals surface area (Å²) in [6, 6.07) is 26.0. The second-order valence-corrected chi connectivity index (χ2v) is 31.0. The van der Waals surface area contributed by atoms with Gasteiger partial charge in [0, 0.05) is 82.9 Å². The van der Waals surface area contributed by atoms with Crippen molar-refractivity contribution in [1.29, 1.82) is 0 Å². The van der Waals surface area contributed by atoms with Gasteiger partial charge in [-0.05, 0) is 195 Å². The third-order valence-corrected chi connectivity index (χ3v) is 24.4. The van der Waals surface area contributed by atoms with E-state index in [1.54, 1.807) is 0 Å². The molecule has 0 bridgehead atoms. The Morgan fingerprint density at radius 2 is 0.739 bits per heavy atom. The summed E-state index contributed by atoms with van der Waals surface area (Å²) in [5.41, 5.74) is 22.2. The molecule has 3 aromatic carbocycles. The van der Waals surface area contributed by atoms with Crippen molar-refractivity contribution < 1.29 is 0 Å². The number of aryl methyl sites for hydroxylation is 1. The number of rotatable bonds is 12. The van der Waals surface area contributed by atoms with E-state index in [2.05, 4.69) is 107 Å². The molecule has 92 heavy (non-hydrogen) atoms. The number of nitrogens with two attached hydrogens (primary N) is 2. The lowest BCUT2D eigenvalue weighted by Crippen LogP contribution is -2.43. The maximum absolute atomic E-state index is 7.02. The molecule has 7 heterocycles. The Morgan fingerprint density at radius 3 is 1.15 bits per heavy atom. The highest BCUT2D eigenvalue weighted by Crippen LogP contribution is 2.43. The van der Waals surface area contributed by atoms with Gasteiger partial charge in [-0.25, -0.2) is 15.0 Å². The second kappa shape index (κ2) is 33.2. The molecule has 0 spiro atoms. The maximum Gasteiger partial charge on any atom is 0.130 e. The average molecular weight is 1260 g/mol. The summed E-state index contributed by atoms with van der Waals surface area (Å²) in [5, 5.41) is 3.54. The Hall–Kier alpha value is -4.17. The molecule has 0 atom stereocenters. The molecule has 5 N–H and O–H groups in total. The van der Waals surface area contributed by atoms with E-state index in [4.69, 9.17) is 26.4 Å². The van der Waals surface area contributed by atoms with Crippen LogP contribution in [0, 0.1) is 24.7 Å². The highest BCUT2D eigenvalue weighted by Gasteiger charge is 2.40. The van der Waals surface area contributed by atoms with Gasteiger partial charge in [0.1, 0.15) is 17.5 Å². The summed E-state index contributed by atoms with van der Waals surface area (Å²) in [4.78, 5) is 23.7. The molecule has 0 amide bonds. The summed E-state index contributed by atoms with van der Waals surface area (Å²) in [6.07, 6.45) is 48.2. The molecule has 12 heteroatoms. The quantitative estimate of drug-likeness (QED) is 0.103. The van der Waals surface area contributed by atoms with Gasteiger partial charge in [-0.3, -0.25) is 0 Å². The zero-order valence-corrected chi connectivity index (χ0v) is 58.3. The molecular formula is C80H126N12. The van der Waals surface area contributed by atoms with E-state index in [1.165, 1.54) is 309 Å². The second-order valence-electron chi connectivity index (χ2n) is 31.0. The van der Waals surface area contributed by atoms with Crippen molar-refractivity contribution in [2.24, 2.45) is 29.2 Å². The highest BCUT2D eigenvalue weighted by atomic mass is 15.2. The van der Waals surface area contributed by atoms with Gasteiger partial charge in [0.15, 0.2) is 0 Å². The van der Waals surface area contributed by atoms with E-state index >= 15 is 0 Å². The molecular weight excluding hydrogens is 1130 g/mol. The van der Waals surface area contributed by atoms with Gasteiger partial charge in [-0.15, -0.1) is 0 Å². The molecule has 3 aromatic heterocycles. The minimum Gasteiger partial charge on any atom is -0.325 e. The standard InChI is InChI=1S/C27H42N4.C26H40N4.C25H38N4.C2H6/c1-21-9-10-26-25(19-21)29-27(23-11-15-28-16-12-23)31(26)24-13-17-30(18-14-24)20-22-7-5-3-2-4-6-8-22;27-26(16-8-3-9-17-26)25-28-23-12-6-7-13-24(23)30(25)22-14-18-29(19-15-22)20-21-10-4-1-2-5-11-21;26-25(15-7-8-16-25)24-27-22-11-5-6-12-23(22)29(24)21-13-17-28(18-14-21)19-20-9-3-1-2-4-10-20;1-2/h9-10,19,22-24,28H,2-8,11-18,20H2,1H3;6-7,12-13,21-22H,1-5,8-11,14-20,27H2;5-6,11-12,20-21H,1-4,7-10,13-19,26H2;1-2H3. The molecule has 4 saturated heterocycles. The molecule has 0 radical (unpaired) electrons. The number of likely N-dealkylation sites (tertiary alicyclic amines) is 3. The number of nitrogens with one attached hydrogen (secondary N) is 1. The largest absolute Gasteiger partial charge is 0.325 e. The Labute approximate surface area is 557 Å². The van der Waals surface area contributed by atoms with E-state index in [-0.39, 0.29) is 11.1 Å². The van der Waals surface area contributed by atoms with Crippen LogP contribution in [0.15, 0.2) is 66.7 Å². The minimum absolute atomic E-state index is 0.226. The van der Waals surface area contributed by atoms with Crippen molar-refractivity contribution in [3.8, 4) is 0 Å². The first kappa shape index (κ1) is 67.8. The van der Waals surface area contributed by atoms with Crippen LogP contribution in [-0.2, 0) is 11.1 Å². The number of benzene rings is 3. The normalized spacial score (nSPS) is 24.0. The van der Waals surface area contributed by atoms with Crippen LogP contribution < -0.4 is 16.8 Å². The van der Waals surface area contributed by atoms with Crippen molar-refractivity contribution in [3.63, 3.8) is 0 Å². The maximum atomic E-state index is 7.02. The van der Waals surface area contributed by atoms with Crippen LogP contribution in [0.2, 0.25) is 0 Å². The zero-order chi connectivity index (χ0) is 63.1. The molecule has 5 saturated carbocycles. The Bertz CT molecular complexity index is 3120. The first-order chi connectivity index (χ1) is 45.2. The van der Waals surface area contributed by atoms with E-state index in [9.17, 15) is 0 Å². The van der Waals surface area contributed by atoms with Crippen LogP contribution in [0.5, 0.6) is 0 Å². The van der Waals surface area contributed by atoms with Crippen LogP contribution in [0.4, 0.5) is 0 Å². The minimum atomic E-state index is -0.241. The fourth-order valence-electron chi connectivity index (χ4n) is 19.1. The van der Waals surface area contributed by atoms with Crippen molar-refractivity contribution in [3.05, 3.63) is 89.8 Å². The van der Waals surface area contributed by atoms with Crippen LogP contribution in [0.3, 0.4) is 0 Å².